The van der Waals surface area contributed by atoms with Gasteiger partial charge in [0.05, 0.1) is 0 Å². The molecular formula is C26H41NO2. The van der Waals surface area contributed by atoms with E-state index in [1.165, 1.54) is 37.7 Å². The number of hydrogen-bond acceptors (Lipinski definition) is 2. The Hall–Kier alpha value is -1.12. The summed E-state index contributed by atoms with van der Waals surface area (Å²) in [5.74, 6) is 3.67. The predicted octanol–water partition coefficient (Wildman–Crippen LogP) is 5.64. The quantitative estimate of drug-likeness (QED) is 0.613. The molecule has 7 atom stereocenters. The molecule has 3 nitrogen and oxygen atoms in total. The molecule has 0 aliphatic heterocycles. The molecule has 162 valence electrons. The molecule has 0 aromatic carbocycles. The van der Waals surface area contributed by atoms with Crippen LogP contribution in [0.15, 0.2) is 11.6 Å². The first-order chi connectivity index (χ1) is 13.8. The maximum absolute atomic E-state index is 13.1. The smallest absolute Gasteiger partial charge is 0.225 e. The summed E-state index contributed by atoms with van der Waals surface area (Å²) < 4.78 is 0. The normalized spacial score (nSPS) is 42.4. The van der Waals surface area contributed by atoms with Gasteiger partial charge < -0.3 is 4.90 Å². The van der Waals surface area contributed by atoms with E-state index in [1.807, 2.05) is 11.0 Å². The number of rotatable bonds is 4. The molecule has 3 saturated carbocycles. The Morgan fingerprint density at radius 3 is 2.48 bits per heavy atom. The molecule has 29 heavy (non-hydrogen) atoms. The number of ketones is 1. The monoisotopic (exact) mass is 399 g/mol. The number of hydrogen-bond donors (Lipinski definition) is 0. The van der Waals surface area contributed by atoms with Gasteiger partial charge in [0.1, 0.15) is 0 Å². The van der Waals surface area contributed by atoms with E-state index in [9.17, 15) is 9.59 Å². The minimum absolute atomic E-state index is 0.142. The second-order valence-corrected chi connectivity index (χ2v) is 11.0. The van der Waals surface area contributed by atoms with Crippen molar-refractivity contribution in [2.45, 2.75) is 86.0 Å². The highest BCUT2D eigenvalue weighted by Crippen LogP contribution is 2.67. The Balaban J connectivity index is 1.57. The molecule has 0 unspecified atom stereocenters. The second kappa shape index (κ2) is 7.54. The SMILES string of the molecule is CCN(CC)C(=O)[C@@H](C)[C@H]1CC[C@H]2[C@@H]3CCC4=CC(=O)CC[C@]4(C)[C@H]3CC[C@]12C. The van der Waals surface area contributed by atoms with Crippen molar-refractivity contribution in [3.05, 3.63) is 11.6 Å². The van der Waals surface area contributed by atoms with Crippen molar-refractivity contribution < 1.29 is 9.59 Å². The van der Waals surface area contributed by atoms with Crippen molar-refractivity contribution in [2.24, 2.45) is 40.4 Å². The highest BCUT2D eigenvalue weighted by Gasteiger charge is 2.60. The second-order valence-electron chi connectivity index (χ2n) is 11.0. The lowest BCUT2D eigenvalue weighted by atomic mass is 9.46. The van der Waals surface area contributed by atoms with Gasteiger partial charge in [-0.25, -0.2) is 0 Å². The van der Waals surface area contributed by atoms with Crippen molar-refractivity contribution in [3.8, 4) is 0 Å². The van der Waals surface area contributed by atoms with E-state index < -0.39 is 0 Å². The number of amides is 1. The molecule has 3 heteroatoms. The maximum atomic E-state index is 13.1. The molecule has 3 fully saturated rings. The summed E-state index contributed by atoms with van der Waals surface area (Å²) in [4.78, 5) is 27.2. The highest BCUT2D eigenvalue weighted by molar-refractivity contribution is 5.91. The summed E-state index contributed by atoms with van der Waals surface area (Å²) in [5, 5.41) is 0. The predicted molar refractivity (Wildman–Crippen MR) is 117 cm³/mol. The Morgan fingerprint density at radius 2 is 1.79 bits per heavy atom. The van der Waals surface area contributed by atoms with Gasteiger partial charge in [-0.1, -0.05) is 26.3 Å². The van der Waals surface area contributed by atoms with E-state index in [0.717, 1.165) is 50.1 Å². The van der Waals surface area contributed by atoms with E-state index in [-0.39, 0.29) is 11.3 Å². The van der Waals surface area contributed by atoms with Crippen molar-refractivity contribution in [3.63, 3.8) is 0 Å². The molecule has 4 rings (SSSR count). The number of carbonyl (C=O) groups is 2. The third-order valence-corrected chi connectivity index (χ3v) is 10.1. The van der Waals surface area contributed by atoms with Crippen LogP contribution >= 0.6 is 0 Å². The van der Waals surface area contributed by atoms with Crippen LogP contribution in [-0.4, -0.2) is 29.7 Å². The molecule has 4 aliphatic rings. The van der Waals surface area contributed by atoms with E-state index in [1.54, 1.807) is 0 Å². The van der Waals surface area contributed by atoms with Gasteiger partial charge in [-0.05, 0) is 99.4 Å². The van der Waals surface area contributed by atoms with Crippen LogP contribution < -0.4 is 0 Å². The average molecular weight is 400 g/mol. The molecule has 0 N–H and O–H groups in total. The van der Waals surface area contributed by atoms with E-state index >= 15 is 0 Å². The van der Waals surface area contributed by atoms with Crippen LogP contribution in [0.5, 0.6) is 0 Å². The number of nitrogens with zero attached hydrogens (tertiary/aromatic N) is 1. The van der Waals surface area contributed by atoms with E-state index in [2.05, 4.69) is 34.6 Å². The lowest BCUT2D eigenvalue weighted by Crippen LogP contribution is -2.51. The molecule has 4 aliphatic carbocycles. The topological polar surface area (TPSA) is 37.4 Å². The first-order valence-electron chi connectivity index (χ1n) is 12.3. The van der Waals surface area contributed by atoms with Crippen molar-refractivity contribution in [1.82, 2.24) is 4.90 Å². The lowest BCUT2D eigenvalue weighted by molar-refractivity contribution is -0.139. The molecular weight excluding hydrogens is 358 g/mol. The third-order valence-electron chi connectivity index (χ3n) is 10.1. The summed E-state index contributed by atoms with van der Waals surface area (Å²) in [6.07, 6.45) is 11.2. The summed E-state index contributed by atoms with van der Waals surface area (Å²) in [6, 6.07) is 0. The Labute approximate surface area is 177 Å². The van der Waals surface area contributed by atoms with Gasteiger partial charge >= 0.3 is 0 Å². The van der Waals surface area contributed by atoms with E-state index in [4.69, 9.17) is 0 Å². The van der Waals surface area contributed by atoms with Crippen LogP contribution in [0.1, 0.15) is 86.0 Å². The summed E-state index contributed by atoms with van der Waals surface area (Å²) in [5.41, 5.74) is 2.02. The number of fused-ring (bicyclic) bond motifs is 5. The van der Waals surface area contributed by atoms with Gasteiger partial charge in [0.2, 0.25) is 5.91 Å². The first-order valence-corrected chi connectivity index (χ1v) is 12.3. The molecule has 0 aromatic rings. The van der Waals surface area contributed by atoms with Crippen LogP contribution in [0.25, 0.3) is 0 Å². The van der Waals surface area contributed by atoms with Gasteiger partial charge in [-0.3, -0.25) is 9.59 Å². The van der Waals surface area contributed by atoms with Crippen LogP contribution in [0.2, 0.25) is 0 Å². The van der Waals surface area contributed by atoms with Crippen LogP contribution in [0, 0.1) is 40.4 Å². The molecule has 0 aromatic heterocycles. The number of allylic oxidation sites excluding steroid dienone is 1. The Bertz CT molecular complexity index is 707. The van der Waals surface area contributed by atoms with Crippen molar-refractivity contribution >= 4 is 11.7 Å². The van der Waals surface area contributed by atoms with Crippen LogP contribution in [0.3, 0.4) is 0 Å². The molecule has 1 amide bonds. The maximum Gasteiger partial charge on any atom is 0.225 e. The van der Waals surface area contributed by atoms with E-state index in [0.29, 0.717) is 23.0 Å². The summed E-state index contributed by atoms with van der Waals surface area (Å²) >= 11 is 0. The van der Waals surface area contributed by atoms with Gasteiger partial charge in [-0.2, -0.15) is 0 Å². The fourth-order valence-electron chi connectivity index (χ4n) is 8.42. The zero-order valence-corrected chi connectivity index (χ0v) is 19.3. The van der Waals surface area contributed by atoms with Gasteiger partial charge in [0.15, 0.2) is 5.78 Å². The minimum Gasteiger partial charge on any atom is -0.343 e. The summed E-state index contributed by atoms with van der Waals surface area (Å²) in [6.45, 7) is 13.0. The summed E-state index contributed by atoms with van der Waals surface area (Å²) in [7, 11) is 0. The molecule has 0 heterocycles. The van der Waals surface area contributed by atoms with Crippen LogP contribution in [-0.2, 0) is 9.59 Å². The molecule has 0 bridgehead atoms. The standard InChI is InChI=1S/C26H41NO2/c1-6-27(7-2)24(29)17(3)21-10-11-22-20-9-8-18-16-19(28)12-14-25(18,4)23(20)13-15-26(21,22)5/h16-17,20-23H,6-15H2,1-5H3/t17-,20-,21+,22-,23-,25-,26+/m0/s1. The minimum atomic E-state index is 0.142. The third kappa shape index (κ3) is 3.13. The zero-order valence-electron chi connectivity index (χ0n) is 19.3. The van der Waals surface area contributed by atoms with Crippen molar-refractivity contribution in [2.75, 3.05) is 13.1 Å². The fraction of sp³-hybridized carbons (Fsp3) is 0.846. The van der Waals surface area contributed by atoms with Gasteiger partial charge in [0, 0.05) is 25.4 Å². The van der Waals surface area contributed by atoms with Gasteiger partial charge in [-0.15, -0.1) is 0 Å². The lowest BCUT2D eigenvalue weighted by Gasteiger charge is -2.58. The Kier molecular flexibility index (Phi) is 5.49. The van der Waals surface area contributed by atoms with Crippen molar-refractivity contribution in [1.29, 1.82) is 0 Å². The first kappa shape index (κ1) is 21.1. The average Bonchev–Trinajstić information content (AvgIpc) is 3.06. The largest absolute Gasteiger partial charge is 0.343 e. The Morgan fingerprint density at radius 1 is 1.07 bits per heavy atom. The van der Waals surface area contributed by atoms with Crippen LogP contribution in [0.4, 0.5) is 0 Å². The molecule has 0 saturated heterocycles. The number of carbonyl (C=O) groups excluding carboxylic acids is 2. The molecule has 0 radical (unpaired) electrons. The van der Waals surface area contributed by atoms with Gasteiger partial charge in [0.25, 0.3) is 0 Å². The molecule has 0 spiro atoms. The zero-order chi connectivity index (χ0) is 21.0. The fourth-order valence-corrected chi connectivity index (χ4v) is 8.42. The highest BCUT2D eigenvalue weighted by atomic mass is 16.2.